The Bertz CT molecular complexity index is 542. The summed E-state index contributed by atoms with van der Waals surface area (Å²) in [6, 6.07) is 7.96. The van der Waals surface area contributed by atoms with Crippen LogP contribution < -0.4 is 5.32 Å². The Kier molecular flexibility index (Phi) is 3.18. The molecule has 2 rings (SSSR count). The fourth-order valence-corrected chi connectivity index (χ4v) is 1.85. The fraction of sp³-hybridized carbons (Fsp3) is 0.357. The molecule has 0 aliphatic rings. The van der Waals surface area contributed by atoms with Crippen molar-refractivity contribution in [3.05, 3.63) is 30.0 Å². The molecule has 17 heavy (non-hydrogen) atoms. The van der Waals surface area contributed by atoms with Crippen LogP contribution in [0.15, 0.2) is 24.3 Å². The van der Waals surface area contributed by atoms with Gasteiger partial charge in [0, 0.05) is 22.5 Å². The van der Waals surface area contributed by atoms with Crippen molar-refractivity contribution in [3.63, 3.8) is 0 Å². The highest BCUT2D eigenvalue weighted by Gasteiger charge is 2.12. The molecule has 2 aromatic rings. The lowest BCUT2D eigenvalue weighted by atomic mass is 10.1. The molecule has 1 unspecified atom stereocenters. The van der Waals surface area contributed by atoms with Crippen molar-refractivity contribution in [2.24, 2.45) is 5.92 Å². The van der Waals surface area contributed by atoms with Gasteiger partial charge in [0.25, 0.3) is 0 Å². The van der Waals surface area contributed by atoms with E-state index < -0.39 is 0 Å². The van der Waals surface area contributed by atoms with Crippen LogP contribution in [0.1, 0.15) is 26.0 Å². The largest absolute Gasteiger partial charge is 0.359 e. The van der Waals surface area contributed by atoms with E-state index in [2.05, 4.69) is 16.4 Å². The van der Waals surface area contributed by atoms with Gasteiger partial charge in [-0.1, -0.05) is 19.9 Å². The molecule has 0 bridgehead atoms. The third-order valence-corrected chi connectivity index (χ3v) is 3.12. The molecule has 1 heterocycles. The van der Waals surface area contributed by atoms with Crippen molar-refractivity contribution in [3.8, 4) is 0 Å². The first-order valence-electron chi connectivity index (χ1n) is 6.01. The molecule has 0 fully saturated rings. The maximum Gasteiger partial charge on any atom is 0.227 e. The average Bonchev–Trinajstić information content (AvgIpc) is 2.69. The van der Waals surface area contributed by atoms with E-state index in [-0.39, 0.29) is 11.8 Å². The van der Waals surface area contributed by atoms with Crippen LogP contribution in [-0.2, 0) is 4.79 Å². The van der Waals surface area contributed by atoms with E-state index >= 15 is 0 Å². The Morgan fingerprint density at radius 1 is 1.47 bits per heavy atom. The van der Waals surface area contributed by atoms with Gasteiger partial charge in [-0.3, -0.25) is 4.79 Å². The maximum absolute atomic E-state index is 11.9. The topological polar surface area (TPSA) is 44.9 Å². The number of rotatable bonds is 3. The summed E-state index contributed by atoms with van der Waals surface area (Å²) in [5.74, 6) is 0.129. The summed E-state index contributed by atoms with van der Waals surface area (Å²) in [4.78, 5) is 15.1. The monoisotopic (exact) mass is 230 g/mol. The number of benzene rings is 1. The van der Waals surface area contributed by atoms with E-state index in [0.717, 1.165) is 28.7 Å². The summed E-state index contributed by atoms with van der Waals surface area (Å²) in [6.07, 6.45) is 0.855. The Hall–Kier alpha value is -1.77. The van der Waals surface area contributed by atoms with Gasteiger partial charge in [0.2, 0.25) is 5.91 Å². The zero-order chi connectivity index (χ0) is 12.4. The van der Waals surface area contributed by atoms with E-state index in [1.807, 2.05) is 39.0 Å². The van der Waals surface area contributed by atoms with E-state index in [1.165, 1.54) is 0 Å². The second kappa shape index (κ2) is 4.62. The number of fused-ring (bicyclic) bond motifs is 1. The van der Waals surface area contributed by atoms with Gasteiger partial charge in [-0.25, -0.2) is 0 Å². The first-order chi connectivity index (χ1) is 8.11. The Labute approximate surface area is 101 Å². The van der Waals surface area contributed by atoms with Gasteiger partial charge in [-0.15, -0.1) is 0 Å². The number of amides is 1. The van der Waals surface area contributed by atoms with Gasteiger partial charge >= 0.3 is 0 Å². The summed E-state index contributed by atoms with van der Waals surface area (Å²) < 4.78 is 0. The smallest absolute Gasteiger partial charge is 0.227 e. The third kappa shape index (κ3) is 2.33. The lowest BCUT2D eigenvalue weighted by Gasteiger charge is -2.10. The molecule has 90 valence electrons. The predicted molar refractivity (Wildman–Crippen MR) is 71.1 cm³/mol. The highest BCUT2D eigenvalue weighted by molar-refractivity contribution is 6.02. The van der Waals surface area contributed by atoms with Gasteiger partial charge in [0.15, 0.2) is 0 Å². The van der Waals surface area contributed by atoms with Crippen molar-refractivity contribution in [1.29, 1.82) is 0 Å². The third-order valence-electron chi connectivity index (χ3n) is 3.12. The van der Waals surface area contributed by atoms with Crippen LogP contribution in [0.25, 0.3) is 10.9 Å². The summed E-state index contributed by atoms with van der Waals surface area (Å²) in [5, 5.41) is 4.06. The molecule has 3 heteroatoms. The second-order valence-corrected chi connectivity index (χ2v) is 4.52. The van der Waals surface area contributed by atoms with Gasteiger partial charge in [0.1, 0.15) is 0 Å². The first-order valence-corrected chi connectivity index (χ1v) is 6.01. The number of nitrogens with one attached hydrogen (secondary N) is 2. The van der Waals surface area contributed by atoms with Crippen LogP contribution in [0.2, 0.25) is 0 Å². The SMILES string of the molecule is CCC(C)C(=O)Nc1cccc2[nH]c(C)cc12. The number of hydrogen-bond acceptors (Lipinski definition) is 1. The summed E-state index contributed by atoms with van der Waals surface area (Å²) in [6.45, 7) is 5.98. The van der Waals surface area contributed by atoms with Crippen LogP contribution in [-0.4, -0.2) is 10.9 Å². The minimum atomic E-state index is 0.0466. The number of carbonyl (C=O) groups is 1. The van der Waals surface area contributed by atoms with Crippen LogP contribution in [0.3, 0.4) is 0 Å². The Morgan fingerprint density at radius 2 is 2.24 bits per heavy atom. The molecule has 0 aliphatic heterocycles. The average molecular weight is 230 g/mol. The molecule has 1 aromatic carbocycles. The molecule has 0 radical (unpaired) electrons. The van der Waals surface area contributed by atoms with Crippen molar-refractivity contribution >= 4 is 22.5 Å². The maximum atomic E-state index is 11.9. The molecule has 0 aliphatic carbocycles. The molecule has 0 saturated carbocycles. The van der Waals surface area contributed by atoms with E-state index in [4.69, 9.17) is 0 Å². The first kappa shape index (κ1) is 11.7. The van der Waals surface area contributed by atoms with Crippen molar-refractivity contribution in [2.75, 3.05) is 5.32 Å². The molecule has 0 saturated heterocycles. The van der Waals surface area contributed by atoms with Gasteiger partial charge < -0.3 is 10.3 Å². The molecule has 2 N–H and O–H groups in total. The highest BCUT2D eigenvalue weighted by atomic mass is 16.1. The molecule has 1 aromatic heterocycles. The number of aromatic amines is 1. The summed E-state index contributed by atoms with van der Waals surface area (Å²) >= 11 is 0. The van der Waals surface area contributed by atoms with E-state index in [9.17, 15) is 4.79 Å². The number of H-pyrrole nitrogens is 1. The standard InChI is InChI=1S/C14H18N2O/c1-4-9(2)14(17)16-13-7-5-6-12-11(13)8-10(3)15-12/h5-9,15H,4H2,1-3H3,(H,16,17). The van der Waals surface area contributed by atoms with Gasteiger partial charge in [0.05, 0.1) is 5.69 Å². The van der Waals surface area contributed by atoms with Crippen molar-refractivity contribution in [1.82, 2.24) is 4.98 Å². The Balaban J connectivity index is 2.32. The van der Waals surface area contributed by atoms with Gasteiger partial charge in [-0.05, 0) is 31.5 Å². The van der Waals surface area contributed by atoms with Crippen molar-refractivity contribution < 1.29 is 4.79 Å². The highest BCUT2D eigenvalue weighted by Crippen LogP contribution is 2.24. The van der Waals surface area contributed by atoms with Crippen LogP contribution in [0.4, 0.5) is 5.69 Å². The van der Waals surface area contributed by atoms with E-state index in [0.29, 0.717) is 0 Å². The lowest BCUT2D eigenvalue weighted by Crippen LogP contribution is -2.19. The zero-order valence-electron chi connectivity index (χ0n) is 10.5. The molecular formula is C14H18N2O. The van der Waals surface area contributed by atoms with Crippen LogP contribution in [0.5, 0.6) is 0 Å². The predicted octanol–water partition coefficient (Wildman–Crippen LogP) is 3.46. The van der Waals surface area contributed by atoms with Gasteiger partial charge in [-0.2, -0.15) is 0 Å². The van der Waals surface area contributed by atoms with Crippen molar-refractivity contribution in [2.45, 2.75) is 27.2 Å². The molecular weight excluding hydrogens is 212 g/mol. The molecule has 3 nitrogen and oxygen atoms in total. The number of carbonyl (C=O) groups excluding carboxylic acids is 1. The van der Waals surface area contributed by atoms with E-state index in [1.54, 1.807) is 0 Å². The molecule has 0 spiro atoms. The number of anilines is 1. The minimum absolute atomic E-state index is 0.0466. The summed E-state index contributed by atoms with van der Waals surface area (Å²) in [7, 11) is 0. The second-order valence-electron chi connectivity index (χ2n) is 4.52. The summed E-state index contributed by atoms with van der Waals surface area (Å²) in [5.41, 5.74) is 3.05. The number of aryl methyl sites for hydroxylation is 1. The quantitative estimate of drug-likeness (QED) is 0.833. The Morgan fingerprint density at radius 3 is 2.94 bits per heavy atom. The number of hydrogen-bond donors (Lipinski definition) is 2. The van der Waals surface area contributed by atoms with Crippen LogP contribution >= 0.6 is 0 Å². The fourth-order valence-electron chi connectivity index (χ4n) is 1.85. The molecule has 1 amide bonds. The lowest BCUT2D eigenvalue weighted by molar-refractivity contribution is -0.119. The normalized spacial score (nSPS) is 12.6. The van der Waals surface area contributed by atoms with Crippen LogP contribution in [0, 0.1) is 12.8 Å². The number of aromatic nitrogens is 1. The molecule has 1 atom stereocenters. The zero-order valence-corrected chi connectivity index (χ0v) is 10.5. The minimum Gasteiger partial charge on any atom is -0.359 e.